The van der Waals surface area contributed by atoms with Gasteiger partial charge >= 0.3 is 10.2 Å². The van der Waals surface area contributed by atoms with Crippen molar-refractivity contribution < 1.29 is 24.2 Å². The minimum absolute atomic E-state index is 0.192. The van der Waals surface area contributed by atoms with Gasteiger partial charge in [-0.25, -0.2) is 0 Å². The van der Waals surface area contributed by atoms with E-state index >= 15 is 0 Å². The van der Waals surface area contributed by atoms with E-state index in [1.807, 2.05) is 0 Å². The molecule has 0 spiro atoms. The molecular weight excluding hydrogens is 287 g/mol. The molecule has 1 aliphatic heterocycles. The Kier molecular flexibility index (Phi) is 2.65. The third-order valence-corrected chi connectivity index (χ3v) is 3.69. The van der Waals surface area contributed by atoms with Gasteiger partial charge < -0.3 is 4.74 Å². The Morgan fingerprint density at radius 2 is 1.68 bits per heavy atom. The molecule has 7 heteroatoms. The fourth-order valence-corrected chi connectivity index (χ4v) is 2.94. The predicted octanol–water partition coefficient (Wildman–Crippen LogP) is 5.50. The first kappa shape index (κ1) is 14.3. The fourth-order valence-electron chi connectivity index (χ4n) is 2.15. The van der Waals surface area contributed by atoms with Gasteiger partial charge in [0.25, 0.3) is 0 Å². The molecule has 0 aromatic heterocycles. The second-order valence-corrected chi connectivity index (χ2v) is 7.16. The summed E-state index contributed by atoms with van der Waals surface area (Å²) in [5.74, 6) is 0. The highest BCUT2D eigenvalue weighted by molar-refractivity contribution is 8.48. The molecule has 1 aromatic rings. The lowest BCUT2D eigenvalue weighted by atomic mass is 9.92. The van der Waals surface area contributed by atoms with E-state index in [4.69, 9.17) is 4.74 Å². The molecule has 108 valence electrons. The molecule has 19 heavy (non-hydrogen) atoms. The molecule has 1 aliphatic rings. The molecule has 1 atom stereocenters. The number of rotatable bonds is 2. The fraction of sp³-hybridized carbons (Fsp3) is 0.333. The van der Waals surface area contributed by atoms with Crippen molar-refractivity contribution in [2.24, 2.45) is 0 Å². The molecule has 1 fully saturated rings. The van der Waals surface area contributed by atoms with Crippen LogP contribution in [-0.4, -0.2) is 6.61 Å². The highest BCUT2D eigenvalue weighted by Gasteiger charge is 2.61. The van der Waals surface area contributed by atoms with Crippen LogP contribution in [0.15, 0.2) is 41.3 Å². The summed E-state index contributed by atoms with van der Waals surface area (Å²) in [5.41, 5.74) is -0.748. The van der Waals surface area contributed by atoms with Crippen LogP contribution < -0.4 is 0 Å². The maximum Gasteiger partial charge on any atom is 0.304 e. The molecule has 1 aromatic carbocycles. The molecule has 1 heterocycles. The Bertz CT molecular complexity index is 522. The summed E-state index contributed by atoms with van der Waals surface area (Å²) in [6.07, 6.45) is -0.192. The van der Waals surface area contributed by atoms with Gasteiger partial charge in [0.05, 0.1) is 17.6 Å². The standard InChI is InChI=1S/C12H13F5OS/c1-12(11-5-3-2-4-6-11)7-10(8-18-12)9-19(13,14,15,16)17/h2-6,9H,7-8H2,1H3/b10-9-. The van der Waals surface area contributed by atoms with E-state index in [9.17, 15) is 19.4 Å². The summed E-state index contributed by atoms with van der Waals surface area (Å²) in [7, 11) is -9.53. The van der Waals surface area contributed by atoms with Crippen molar-refractivity contribution in [2.75, 3.05) is 6.61 Å². The van der Waals surface area contributed by atoms with Crippen LogP contribution in [0.1, 0.15) is 18.9 Å². The second-order valence-electron chi connectivity index (χ2n) is 4.87. The first-order valence-corrected chi connectivity index (χ1v) is 7.52. The summed E-state index contributed by atoms with van der Waals surface area (Å²) in [4.78, 5) is 0. The molecule has 0 N–H and O–H groups in total. The lowest BCUT2D eigenvalue weighted by Gasteiger charge is -2.37. The van der Waals surface area contributed by atoms with Crippen molar-refractivity contribution >= 4 is 10.2 Å². The molecular formula is C12H13F5OS. The van der Waals surface area contributed by atoms with E-state index in [0.29, 0.717) is 5.56 Å². The first-order valence-electron chi connectivity index (χ1n) is 5.51. The minimum atomic E-state index is -9.53. The van der Waals surface area contributed by atoms with E-state index in [2.05, 4.69) is 0 Å². The monoisotopic (exact) mass is 300 g/mol. The van der Waals surface area contributed by atoms with Crippen LogP contribution in [0.5, 0.6) is 0 Å². The van der Waals surface area contributed by atoms with Crippen LogP contribution in [0.2, 0.25) is 0 Å². The zero-order valence-corrected chi connectivity index (χ0v) is 10.9. The summed E-state index contributed by atoms with van der Waals surface area (Å²) in [6.45, 7) is 1.16. The van der Waals surface area contributed by atoms with Gasteiger partial charge in [0.2, 0.25) is 0 Å². The van der Waals surface area contributed by atoms with Crippen molar-refractivity contribution in [1.29, 1.82) is 0 Å². The highest BCUT2D eigenvalue weighted by atomic mass is 32.5. The molecule has 1 unspecified atom stereocenters. The van der Waals surface area contributed by atoms with Gasteiger partial charge in [0, 0.05) is 6.42 Å². The summed E-state index contributed by atoms with van der Waals surface area (Å²) in [5, 5.41) is -0.825. The maximum absolute atomic E-state index is 12.4. The van der Waals surface area contributed by atoms with Crippen molar-refractivity contribution in [3.8, 4) is 0 Å². The van der Waals surface area contributed by atoms with Gasteiger partial charge in [-0.3, -0.25) is 0 Å². The lowest BCUT2D eigenvalue weighted by Crippen LogP contribution is -2.19. The van der Waals surface area contributed by atoms with Gasteiger partial charge in [-0.2, -0.15) is 0 Å². The van der Waals surface area contributed by atoms with E-state index in [1.54, 1.807) is 37.3 Å². The number of halogens is 5. The van der Waals surface area contributed by atoms with Crippen molar-refractivity contribution in [2.45, 2.75) is 18.9 Å². The Morgan fingerprint density at radius 1 is 1.11 bits per heavy atom. The van der Waals surface area contributed by atoms with Crippen LogP contribution in [0.3, 0.4) is 0 Å². The van der Waals surface area contributed by atoms with Crippen molar-refractivity contribution in [3.05, 3.63) is 46.9 Å². The highest BCUT2D eigenvalue weighted by Crippen LogP contribution is 2.99. The van der Waals surface area contributed by atoms with Crippen LogP contribution in [0.25, 0.3) is 0 Å². The predicted molar refractivity (Wildman–Crippen MR) is 65.6 cm³/mol. The lowest BCUT2D eigenvalue weighted by molar-refractivity contribution is 0.0176. The molecule has 0 aliphatic carbocycles. The zero-order chi connectivity index (χ0) is 14.4. The van der Waals surface area contributed by atoms with Crippen LogP contribution >= 0.6 is 10.2 Å². The quantitative estimate of drug-likeness (QED) is 0.655. The molecule has 1 nitrogen and oxygen atoms in total. The summed E-state index contributed by atoms with van der Waals surface area (Å²) in [6, 6.07) is 8.59. The van der Waals surface area contributed by atoms with Gasteiger partial charge in [0.1, 0.15) is 0 Å². The normalized spacial score (nSPS) is 30.1. The summed E-state index contributed by atoms with van der Waals surface area (Å²) >= 11 is 0. The van der Waals surface area contributed by atoms with Gasteiger partial charge in [-0.15, -0.1) is 0 Å². The zero-order valence-electron chi connectivity index (χ0n) is 10.1. The smallest absolute Gasteiger partial charge is 0.304 e. The maximum atomic E-state index is 12.4. The molecule has 2 rings (SSSR count). The van der Waals surface area contributed by atoms with E-state index in [0.717, 1.165) is 0 Å². The van der Waals surface area contributed by atoms with E-state index < -0.39 is 33.4 Å². The number of ether oxygens (including phenoxy) is 1. The average molecular weight is 300 g/mol. The second kappa shape index (κ2) is 3.52. The number of benzene rings is 1. The molecule has 1 saturated heterocycles. The van der Waals surface area contributed by atoms with Crippen LogP contribution in [0, 0.1) is 0 Å². The molecule has 0 saturated carbocycles. The van der Waals surface area contributed by atoms with Gasteiger partial charge in [-0.1, -0.05) is 49.8 Å². The van der Waals surface area contributed by atoms with Gasteiger partial charge in [-0.05, 0) is 18.1 Å². The Morgan fingerprint density at radius 3 is 2.21 bits per heavy atom. The van der Waals surface area contributed by atoms with Crippen LogP contribution in [-0.2, 0) is 10.3 Å². The molecule has 0 amide bonds. The van der Waals surface area contributed by atoms with Crippen molar-refractivity contribution in [1.82, 2.24) is 0 Å². The first-order chi connectivity index (χ1) is 8.37. The largest absolute Gasteiger partial charge is 0.366 e. The average Bonchev–Trinajstić information content (AvgIpc) is 2.58. The topological polar surface area (TPSA) is 9.23 Å². The Labute approximate surface area is 107 Å². The number of hydrogen-bond acceptors (Lipinski definition) is 1. The van der Waals surface area contributed by atoms with Gasteiger partial charge in [0.15, 0.2) is 0 Å². The molecule has 0 bridgehead atoms. The Balaban J connectivity index is 2.29. The molecule has 0 radical (unpaired) electrons. The van der Waals surface area contributed by atoms with Crippen molar-refractivity contribution in [3.63, 3.8) is 0 Å². The van der Waals surface area contributed by atoms with E-state index in [-0.39, 0.29) is 6.42 Å². The van der Waals surface area contributed by atoms with E-state index in [1.165, 1.54) is 0 Å². The number of hydrogen-bond donors (Lipinski definition) is 0. The SMILES string of the molecule is CC1(c2ccccc2)C/C(=C/S(F)(F)(F)(F)F)CO1. The Hall–Kier alpha value is -1.08. The summed E-state index contributed by atoms with van der Waals surface area (Å²) < 4.78 is 67.2. The van der Waals surface area contributed by atoms with Crippen LogP contribution in [0.4, 0.5) is 19.4 Å². The minimum Gasteiger partial charge on any atom is -0.366 e. The third kappa shape index (κ3) is 3.94. The third-order valence-electron chi connectivity index (χ3n) is 2.91.